The largest absolute Gasteiger partial charge is 1.00 e. The maximum Gasteiger partial charge on any atom is 1.00 e. The van der Waals surface area contributed by atoms with E-state index in [0.29, 0.717) is 0 Å². The zero-order valence-electron chi connectivity index (χ0n) is 7.12. The average Bonchev–Trinajstić information content (AvgIpc) is 1.59. The minimum atomic E-state index is -0.198. The second-order valence-corrected chi connectivity index (χ2v) is 2.99. The normalized spacial score (nSPS) is 10.7. The molecule has 0 aliphatic carbocycles. The number of hydrogen-bond donors (Lipinski definition) is 0. The van der Waals surface area contributed by atoms with Crippen molar-refractivity contribution in [2.45, 2.75) is 45.6 Å². The van der Waals surface area contributed by atoms with Gasteiger partial charge in [0.25, 0.3) is 0 Å². The summed E-state index contributed by atoms with van der Waals surface area (Å²) < 4.78 is 0. The second kappa shape index (κ2) is 5.72. The third-order valence-electron chi connectivity index (χ3n) is 1.16. The molecule has 1 nitrogen and oxygen atoms in total. The molecule has 0 aromatic carbocycles. The average molecular weight is 137 g/mol. The molecule has 0 radical (unpaired) electrons. The summed E-state index contributed by atoms with van der Waals surface area (Å²) in [6.45, 7) is 6.08. The molecule has 0 heterocycles. The molecule has 2 heteroatoms. The van der Waals surface area contributed by atoms with E-state index in [9.17, 15) is 0 Å². The van der Waals surface area contributed by atoms with Crippen LogP contribution in [-0.2, 0) is 0 Å². The van der Waals surface area contributed by atoms with Gasteiger partial charge in [-0.3, -0.25) is 0 Å². The summed E-state index contributed by atoms with van der Waals surface area (Å²) in [5.41, 5.74) is 7.24. The van der Waals surface area contributed by atoms with Crippen molar-refractivity contribution in [1.82, 2.24) is 0 Å². The van der Waals surface area contributed by atoms with Crippen LogP contribution in [0.2, 0.25) is 0 Å². The molecule has 0 spiro atoms. The Morgan fingerprint density at radius 1 is 1.33 bits per heavy atom. The molecular weight excluding hydrogens is 121 g/mol. The Morgan fingerprint density at radius 2 is 1.78 bits per heavy atom. The van der Waals surface area contributed by atoms with Crippen LogP contribution in [0.15, 0.2) is 0 Å². The first kappa shape index (κ1) is 12.6. The second-order valence-electron chi connectivity index (χ2n) is 2.99. The van der Waals surface area contributed by atoms with Gasteiger partial charge in [0.2, 0.25) is 0 Å². The summed E-state index contributed by atoms with van der Waals surface area (Å²) in [6, 6.07) is 0. The van der Waals surface area contributed by atoms with Crippen molar-refractivity contribution >= 4 is 0 Å². The minimum Gasteiger partial charge on any atom is -0.672 e. The zero-order valence-corrected chi connectivity index (χ0v) is 9.12. The summed E-state index contributed by atoms with van der Waals surface area (Å²) in [6.07, 6.45) is 3.43. The maximum atomic E-state index is 7.44. The monoisotopic (exact) mass is 137 g/mol. The summed E-state index contributed by atoms with van der Waals surface area (Å²) in [7, 11) is 0. The van der Waals surface area contributed by atoms with E-state index < -0.39 is 0 Å². The molecule has 0 aliphatic heterocycles. The molecule has 50 valence electrons. The van der Waals surface area contributed by atoms with Crippen molar-refractivity contribution < 1.29 is 29.6 Å². The summed E-state index contributed by atoms with van der Waals surface area (Å²) in [4.78, 5) is 0. The number of rotatable bonds is 3. The molecule has 0 saturated carbocycles. The van der Waals surface area contributed by atoms with Crippen LogP contribution in [0.3, 0.4) is 0 Å². The van der Waals surface area contributed by atoms with E-state index >= 15 is 0 Å². The molecule has 0 amide bonds. The van der Waals surface area contributed by atoms with Crippen LogP contribution >= 0.6 is 0 Å². The first-order chi connectivity index (χ1) is 3.56. The van der Waals surface area contributed by atoms with Crippen LogP contribution in [-0.4, -0.2) is 5.54 Å². The van der Waals surface area contributed by atoms with E-state index in [0.717, 1.165) is 6.42 Å². The van der Waals surface area contributed by atoms with Gasteiger partial charge < -0.3 is 5.73 Å². The van der Waals surface area contributed by atoms with Crippen molar-refractivity contribution in [2.24, 2.45) is 0 Å². The van der Waals surface area contributed by atoms with E-state index in [1.165, 1.54) is 12.8 Å². The summed E-state index contributed by atoms with van der Waals surface area (Å²) in [5.74, 6) is 0. The van der Waals surface area contributed by atoms with E-state index in [1.807, 2.05) is 13.8 Å². The van der Waals surface area contributed by atoms with Gasteiger partial charge in [-0.15, -0.1) is 5.54 Å². The van der Waals surface area contributed by atoms with E-state index in [-0.39, 0.29) is 35.1 Å². The van der Waals surface area contributed by atoms with Gasteiger partial charge in [0.15, 0.2) is 0 Å². The fourth-order valence-electron chi connectivity index (χ4n) is 0.619. The molecule has 0 atom stereocenters. The van der Waals surface area contributed by atoms with Crippen LogP contribution < -0.4 is 29.6 Å². The molecule has 0 aliphatic rings. The van der Waals surface area contributed by atoms with Crippen molar-refractivity contribution in [3.05, 3.63) is 5.73 Å². The van der Waals surface area contributed by atoms with Crippen LogP contribution in [0.1, 0.15) is 40.0 Å². The fourth-order valence-corrected chi connectivity index (χ4v) is 0.619. The minimum absolute atomic E-state index is 0. The number of hydrogen-bond acceptors (Lipinski definition) is 0. The van der Waals surface area contributed by atoms with Crippen molar-refractivity contribution in [1.29, 1.82) is 0 Å². The van der Waals surface area contributed by atoms with E-state index in [1.54, 1.807) is 0 Å². The molecule has 0 bridgehead atoms. The Labute approximate surface area is 80.7 Å². The Hall–Kier alpha value is 0.960. The standard InChI is InChI=1S/C7H16N.Na/c1-4-5-6-7(2,3)8;/h8H,4-6H2,1-3H3;/q-1;+1. The molecule has 0 fully saturated rings. The zero-order chi connectivity index (χ0) is 6.62. The molecule has 1 N–H and O–H groups in total. The van der Waals surface area contributed by atoms with Crippen LogP contribution in [0.5, 0.6) is 0 Å². The summed E-state index contributed by atoms with van der Waals surface area (Å²) >= 11 is 0. The smallest absolute Gasteiger partial charge is 0.672 e. The molecule has 0 aromatic rings. The van der Waals surface area contributed by atoms with Crippen molar-refractivity contribution in [2.75, 3.05) is 0 Å². The molecular formula is C7H16NNa. The predicted octanol–water partition coefficient (Wildman–Crippen LogP) is 0.0114. The van der Waals surface area contributed by atoms with Crippen LogP contribution in [0.25, 0.3) is 5.73 Å². The fraction of sp³-hybridized carbons (Fsp3) is 1.00. The Bertz CT molecular complexity index is 56.4. The van der Waals surface area contributed by atoms with Gasteiger partial charge in [-0.05, 0) is 0 Å². The van der Waals surface area contributed by atoms with Crippen LogP contribution in [0, 0.1) is 0 Å². The SMILES string of the molecule is CCCCC(C)(C)[NH-].[Na+]. The molecule has 0 unspecified atom stereocenters. The predicted molar refractivity (Wildman–Crippen MR) is 37.9 cm³/mol. The van der Waals surface area contributed by atoms with Crippen LogP contribution in [0.4, 0.5) is 0 Å². The van der Waals surface area contributed by atoms with Gasteiger partial charge in [0.1, 0.15) is 0 Å². The molecule has 0 saturated heterocycles. The van der Waals surface area contributed by atoms with E-state index in [4.69, 9.17) is 5.73 Å². The Balaban J connectivity index is 0. The van der Waals surface area contributed by atoms with Crippen molar-refractivity contribution in [3.8, 4) is 0 Å². The molecule has 0 aromatic heterocycles. The van der Waals surface area contributed by atoms with Crippen molar-refractivity contribution in [3.63, 3.8) is 0 Å². The topological polar surface area (TPSA) is 23.8 Å². The quantitative estimate of drug-likeness (QED) is 0.489. The maximum absolute atomic E-state index is 7.44. The van der Waals surface area contributed by atoms with Gasteiger partial charge in [-0.1, -0.05) is 40.0 Å². The first-order valence-corrected chi connectivity index (χ1v) is 3.31. The third kappa shape index (κ3) is 12.2. The first-order valence-electron chi connectivity index (χ1n) is 3.31. The summed E-state index contributed by atoms with van der Waals surface area (Å²) in [5, 5.41) is 0. The van der Waals surface area contributed by atoms with Gasteiger partial charge in [-0.2, -0.15) is 0 Å². The van der Waals surface area contributed by atoms with E-state index in [2.05, 4.69) is 6.92 Å². The molecule has 9 heavy (non-hydrogen) atoms. The molecule has 0 rings (SSSR count). The Kier molecular flexibility index (Phi) is 8.02. The van der Waals surface area contributed by atoms with Gasteiger partial charge in [-0.25, -0.2) is 0 Å². The van der Waals surface area contributed by atoms with Gasteiger partial charge >= 0.3 is 29.6 Å². The number of unbranched alkanes of at least 4 members (excludes halogenated alkanes) is 1. The number of nitrogens with one attached hydrogen (secondary N) is 1. The third-order valence-corrected chi connectivity index (χ3v) is 1.16. The van der Waals surface area contributed by atoms with Gasteiger partial charge in [0.05, 0.1) is 0 Å². The van der Waals surface area contributed by atoms with Gasteiger partial charge in [0, 0.05) is 0 Å². The Morgan fingerprint density at radius 3 is 1.89 bits per heavy atom.